The molecule has 6 nitrogen and oxygen atoms in total. The van der Waals surface area contributed by atoms with E-state index in [9.17, 15) is 14.4 Å². The summed E-state index contributed by atoms with van der Waals surface area (Å²) in [6.45, 7) is 2.06. The molecule has 0 bridgehead atoms. The lowest BCUT2D eigenvalue weighted by Gasteiger charge is -2.41. The number of nitrogens with one attached hydrogen (secondary N) is 1. The van der Waals surface area contributed by atoms with Gasteiger partial charge in [0, 0.05) is 11.1 Å². The van der Waals surface area contributed by atoms with Gasteiger partial charge in [0.15, 0.2) is 0 Å². The van der Waals surface area contributed by atoms with E-state index in [1.54, 1.807) is 6.20 Å². The van der Waals surface area contributed by atoms with Gasteiger partial charge in [-0.05, 0) is 19.8 Å². The van der Waals surface area contributed by atoms with Crippen molar-refractivity contribution in [3.05, 3.63) is 16.1 Å². The maximum atomic E-state index is 12.8. The Hall–Kier alpha value is -1.76. The Morgan fingerprint density at radius 2 is 2.00 bits per heavy atom. The van der Waals surface area contributed by atoms with E-state index in [0.29, 0.717) is 12.8 Å². The highest BCUT2D eigenvalue weighted by Gasteiger charge is 2.53. The van der Waals surface area contributed by atoms with E-state index < -0.39 is 17.4 Å². The van der Waals surface area contributed by atoms with Crippen molar-refractivity contribution < 1.29 is 14.4 Å². The summed E-state index contributed by atoms with van der Waals surface area (Å²) in [4.78, 5) is 43.1. The Morgan fingerprint density at radius 3 is 2.62 bits per heavy atom. The summed E-state index contributed by atoms with van der Waals surface area (Å²) in [5, 5.41) is 3.25. The topological polar surface area (TPSA) is 79.4 Å². The number of amides is 4. The smallest absolute Gasteiger partial charge is 0.277 e. The molecule has 2 heterocycles. The zero-order valence-corrected chi connectivity index (χ0v) is 12.7. The molecule has 0 atom stereocenters. The van der Waals surface area contributed by atoms with Gasteiger partial charge in [0.1, 0.15) is 5.41 Å². The zero-order chi connectivity index (χ0) is 15.0. The first-order chi connectivity index (χ1) is 10.0. The number of nitrogens with zero attached hydrogens (tertiary/aromatic N) is 2. The van der Waals surface area contributed by atoms with Gasteiger partial charge in [-0.1, -0.05) is 19.3 Å². The first-order valence-corrected chi connectivity index (χ1v) is 7.93. The first-order valence-electron chi connectivity index (χ1n) is 7.12. The van der Waals surface area contributed by atoms with E-state index in [4.69, 9.17) is 0 Å². The number of imide groups is 2. The number of carbonyl (C=O) groups excluding carboxylic acids is 3. The van der Waals surface area contributed by atoms with Gasteiger partial charge in [0.2, 0.25) is 11.8 Å². The standard InChI is InChI=1S/C14H17N3O3S/c1-9-15-7-10(21-9)8-17-12(19)14(5-3-2-4-6-14)11(18)16-13(17)20/h7H,2-6,8H2,1H3,(H,16,18,20). The molecule has 1 aromatic heterocycles. The molecule has 112 valence electrons. The molecule has 2 aliphatic rings. The number of aromatic nitrogens is 1. The number of rotatable bonds is 2. The van der Waals surface area contributed by atoms with Crippen LogP contribution in [-0.4, -0.2) is 27.7 Å². The number of urea groups is 1. The molecule has 1 aliphatic carbocycles. The molecule has 1 saturated carbocycles. The number of hydrogen-bond donors (Lipinski definition) is 1. The SMILES string of the molecule is Cc1ncc(CN2C(=O)NC(=O)C3(CCCCC3)C2=O)s1. The molecular formula is C14H17N3O3S. The van der Waals surface area contributed by atoms with Gasteiger partial charge in [-0.15, -0.1) is 11.3 Å². The van der Waals surface area contributed by atoms with Crippen molar-refractivity contribution in [2.75, 3.05) is 0 Å². The third-order valence-electron chi connectivity index (χ3n) is 4.25. The highest BCUT2D eigenvalue weighted by molar-refractivity contribution is 7.11. The Bertz CT molecular complexity index is 604. The highest BCUT2D eigenvalue weighted by atomic mass is 32.1. The molecule has 2 fully saturated rings. The molecule has 4 amide bonds. The minimum Gasteiger partial charge on any atom is -0.277 e. The number of carbonyl (C=O) groups is 3. The average molecular weight is 307 g/mol. The Labute approximate surface area is 126 Å². The fourth-order valence-electron chi connectivity index (χ4n) is 3.11. The number of barbiturate groups is 1. The van der Waals surface area contributed by atoms with Crippen molar-refractivity contribution in [2.45, 2.75) is 45.6 Å². The summed E-state index contributed by atoms with van der Waals surface area (Å²) in [5.74, 6) is -0.768. The quantitative estimate of drug-likeness (QED) is 0.847. The molecule has 1 aromatic rings. The van der Waals surface area contributed by atoms with Crippen molar-refractivity contribution in [3.8, 4) is 0 Å². The molecular weight excluding hydrogens is 290 g/mol. The van der Waals surface area contributed by atoms with Crippen LogP contribution in [0.3, 0.4) is 0 Å². The summed E-state index contributed by atoms with van der Waals surface area (Å²) in [6.07, 6.45) is 5.46. The first kappa shape index (κ1) is 14.2. The van der Waals surface area contributed by atoms with Crippen molar-refractivity contribution in [1.82, 2.24) is 15.2 Å². The average Bonchev–Trinajstić information content (AvgIpc) is 2.88. The zero-order valence-electron chi connectivity index (χ0n) is 11.8. The van der Waals surface area contributed by atoms with Crippen molar-refractivity contribution in [2.24, 2.45) is 5.41 Å². The minimum absolute atomic E-state index is 0.186. The van der Waals surface area contributed by atoms with Crippen LogP contribution in [0.1, 0.15) is 42.0 Å². The van der Waals surface area contributed by atoms with Crippen LogP contribution < -0.4 is 5.32 Å². The summed E-state index contributed by atoms with van der Waals surface area (Å²) in [6, 6.07) is -0.618. The molecule has 0 unspecified atom stereocenters. The molecule has 7 heteroatoms. The second-order valence-electron chi connectivity index (χ2n) is 5.64. The predicted molar refractivity (Wildman–Crippen MR) is 76.5 cm³/mol. The van der Waals surface area contributed by atoms with E-state index in [1.807, 2.05) is 6.92 Å². The molecule has 3 rings (SSSR count). The van der Waals surface area contributed by atoms with Crippen LogP contribution in [0.2, 0.25) is 0 Å². The summed E-state index contributed by atoms with van der Waals surface area (Å²) in [5.41, 5.74) is -1.04. The lowest BCUT2D eigenvalue weighted by Crippen LogP contribution is -2.63. The molecule has 1 saturated heterocycles. The Morgan fingerprint density at radius 1 is 1.29 bits per heavy atom. The normalized spacial score (nSPS) is 21.8. The second kappa shape index (κ2) is 5.22. The van der Waals surface area contributed by atoms with Crippen LogP contribution in [0, 0.1) is 12.3 Å². The number of thiazole rings is 1. The van der Waals surface area contributed by atoms with Gasteiger partial charge in [0.25, 0.3) is 0 Å². The summed E-state index contributed by atoms with van der Waals surface area (Å²) >= 11 is 1.45. The molecule has 0 radical (unpaired) electrons. The van der Waals surface area contributed by atoms with E-state index in [1.165, 1.54) is 16.2 Å². The van der Waals surface area contributed by atoms with Crippen molar-refractivity contribution in [1.29, 1.82) is 0 Å². The Kier molecular flexibility index (Phi) is 3.52. The van der Waals surface area contributed by atoms with Gasteiger partial charge in [-0.2, -0.15) is 0 Å². The van der Waals surface area contributed by atoms with Crippen LogP contribution in [0.25, 0.3) is 0 Å². The molecule has 21 heavy (non-hydrogen) atoms. The largest absolute Gasteiger partial charge is 0.331 e. The number of hydrogen-bond acceptors (Lipinski definition) is 5. The van der Waals surface area contributed by atoms with Gasteiger partial charge >= 0.3 is 6.03 Å². The summed E-state index contributed by atoms with van der Waals surface area (Å²) in [7, 11) is 0. The van der Waals surface area contributed by atoms with Crippen molar-refractivity contribution >= 4 is 29.2 Å². The lowest BCUT2D eigenvalue weighted by molar-refractivity contribution is -0.154. The monoisotopic (exact) mass is 307 g/mol. The third kappa shape index (κ3) is 2.35. The lowest BCUT2D eigenvalue weighted by atomic mass is 9.71. The minimum atomic E-state index is -1.04. The van der Waals surface area contributed by atoms with E-state index in [0.717, 1.165) is 29.1 Å². The molecule has 1 aliphatic heterocycles. The second-order valence-corrected chi connectivity index (χ2v) is 6.96. The van der Waals surface area contributed by atoms with E-state index in [2.05, 4.69) is 10.3 Å². The molecule has 0 aromatic carbocycles. The third-order valence-corrected chi connectivity index (χ3v) is 5.14. The fraction of sp³-hybridized carbons (Fsp3) is 0.571. The maximum absolute atomic E-state index is 12.8. The molecule has 1 spiro atoms. The predicted octanol–water partition coefficient (Wildman–Crippen LogP) is 1.98. The highest BCUT2D eigenvalue weighted by Crippen LogP contribution is 2.40. The summed E-state index contributed by atoms with van der Waals surface area (Å²) < 4.78 is 0. The Balaban J connectivity index is 1.87. The van der Waals surface area contributed by atoms with Crippen LogP contribution in [0.5, 0.6) is 0 Å². The van der Waals surface area contributed by atoms with Crippen LogP contribution in [-0.2, 0) is 16.1 Å². The van der Waals surface area contributed by atoms with Crippen molar-refractivity contribution in [3.63, 3.8) is 0 Å². The maximum Gasteiger partial charge on any atom is 0.331 e. The van der Waals surface area contributed by atoms with Crippen LogP contribution in [0.15, 0.2) is 6.20 Å². The van der Waals surface area contributed by atoms with Gasteiger partial charge in [-0.3, -0.25) is 19.8 Å². The fourth-order valence-corrected chi connectivity index (χ4v) is 3.89. The van der Waals surface area contributed by atoms with Crippen LogP contribution in [0.4, 0.5) is 4.79 Å². The molecule has 1 N–H and O–H groups in total. The van der Waals surface area contributed by atoms with E-state index in [-0.39, 0.29) is 12.5 Å². The van der Waals surface area contributed by atoms with Gasteiger partial charge in [-0.25, -0.2) is 9.78 Å². The van der Waals surface area contributed by atoms with Gasteiger partial charge < -0.3 is 0 Å². The van der Waals surface area contributed by atoms with E-state index >= 15 is 0 Å². The van der Waals surface area contributed by atoms with Gasteiger partial charge in [0.05, 0.1) is 11.6 Å². The van der Waals surface area contributed by atoms with Crippen LogP contribution >= 0.6 is 11.3 Å². The number of aryl methyl sites for hydroxylation is 1.